The van der Waals surface area contributed by atoms with E-state index < -0.39 is 5.25 Å². The fraction of sp³-hybridized carbons (Fsp3) is 0.238. The van der Waals surface area contributed by atoms with Crippen molar-refractivity contribution in [2.24, 2.45) is 0 Å². The maximum Gasteiger partial charge on any atom is 0.240 e. The van der Waals surface area contributed by atoms with E-state index in [4.69, 9.17) is 10.00 Å². The summed E-state index contributed by atoms with van der Waals surface area (Å²) in [6.07, 6.45) is 1.86. The second-order valence-corrected chi connectivity index (χ2v) is 7.46. The third-order valence-electron chi connectivity index (χ3n) is 4.27. The molecule has 0 saturated heterocycles. The van der Waals surface area contributed by atoms with Crippen molar-refractivity contribution in [2.75, 3.05) is 18.6 Å². The van der Waals surface area contributed by atoms with Crippen LogP contribution < -0.4 is 9.64 Å². The molecule has 0 N–H and O–H groups in total. The Bertz CT molecular complexity index is 1000. The Morgan fingerprint density at radius 2 is 1.97 bits per heavy atom. The zero-order valence-electron chi connectivity index (χ0n) is 16.2. The number of methoxy groups -OCH3 is 1. The Morgan fingerprint density at radius 3 is 2.69 bits per heavy atom. The number of anilines is 1. The largest absolute Gasteiger partial charge is 0.495 e. The predicted molar refractivity (Wildman–Crippen MR) is 112 cm³/mol. The third-order valence-corrected chi connectivity index (χ3v) is 5.32. The number of benzene rings is 2. The van der Waals surface area contributed by atoms with Crippen LogP contribution in [0.4, 0.5) is 5.69 Å². The van der Waals surface area contributed by atoms with Crippen molar-refractivity contribution in [3.8, 4) is 17.5 Å². The summed E-state index contributed by atoms with van der Waals surface area (Å²) in [5.41, 5.74) is 1.57. The summed E-state index contributed by atoms with van der Waals surface area (Å²) < 4.78 is 7.23. The summed E-state index contributed by atoms with van der Waals surface area (Å²) in [7, 11) is 1.61. The number of carbonyl (C=O) groups is 1. The molecule has 3 aromatic rings. The molecule has 3 rings (SSSR count). The van der Waals surface area contributed by atoms with E-state index in [1.165, 1.54) is 11.8 Å². The summed E-state index contributed by atoms with van der Waals surface area (Å²) in [5.74, 6) is 0.596. The van der Waals surface area contributed by atoms with Crippen LogP contribution in [0.15, 0.2) is 66.1 Å². The Balaban J connectivity index is 1.83. The predicted octanol–water partition coefficient (Wildman–Crippen LogP) is 3.70. The fourth-order valence-electron chi connectivity index (χ4n) is 2.86. The molecule has 2 aromatic carbocycles. The topological polar surface area (TPSA) is 84.0 Å². The number of nitrogens with zero attached hydrogens (tertiary/aromatic N) is 5. The van der Waals surface area contributed by atoms with Gasteiger partial charge in [-0.1, -0.05) is 42.1 Å². The molecule has 0 saturated carbocycles. The first-order valence-electron chi connectivity index (χ1n) is 9.09. The van der Waals surface area contributed by atoms with Crippen molar-refractivity contribution in [3.05, 3.63) is 60.9 Å². The summed E-state index contributed by atoms with van der Waals surface area (Å²) in [6, 6.07) is 19.0. The van der Waals surface area contributed by atoms with E-state index in [1.54, 1.807) is 22.9 Å². The van der Waals surface area contributed by atoms with Crippen LogP contribution in [0.3, 0.4) is 0 Å². The van der Waals surface area contributed by atoms with Gasteiger partial charge < -0.3 is 9.64 Å². The van der Waals surface area contributed by atoms with Gasteiger partial charge in [-0.15, -0.1) is 10.2 Å². The second kappa shape index (κ2) is 9.75. The zero-order valence-corrected chi connectivity index (χ0v) is 17.0. The molecule has 0 bridgehead atoms. The van der Waals surface area contributed by atoms with Crippen LogP contribution in [0.25, 0.3) is 5.69 Å². The van der Waals surface area contributed by atoms with Gasteiger partial charge in [0.15, 0.2) is 5.16 Å². The molecule has 0 fully saturated rings. The number of para-hydroxylation sites is 3. The number of rotatable bonds is 8. The quantitative estimate of drug-likeness (QED) is 0.530. The van der Waals surface area contributed by atoms with E-state index in [1.807, 2.05) is 61.5 Å². The molecule has 1 heterocycles. The minimum atomic E-state index is -0.424. The van der Waals surface area contributed by atoms with Crippen LogP contribution in [0, 0.1) is 11.3 Å². The lowest BCUT2D eigenvalue weighted by atomic mass is 10.2. The normalized spacial score (nSPS) is 11.5. The van der Waals surface area contributed by atoms with Gasteiger partial charge in [0.25, 0.3) is 0 Å². The molecule has 0 aliphatic carbocycles. The number of aromatic nitrogens is 3. The van der Waals surface area contributed by atoms with Crippen molar-refractivity contribution in [1.29, 1.82) is 5.26 Å². The van der Waals surface area contributed by atoms with Gasteiger partial charge in [0.2, 0.25) is 5.91 Å². The summed E-state index contributed by atoms with van der Waals surface area (Å²) in [4.78, 5) is 14.8. The van der Waals surface area contributed by atoms with Gasteiger partial charge in [0.05, 0.1) is 30.5 Å². The zero-order chi connectivity index (χ0) is 20.6. The highest BCUT2D eigenvalue weighted by molar-refractivity contribution is 8.00. The monoisotopic (exact) mass is 407 g/mol. The maximum atomic E-state index is 13.2. The first-order chi connectivity index (χ1) is 14.2. The van der Waals surface area contributed by atoms with E-state index in [9.17, 15) is 4.79 Å². The lowest BCUT2D eigenvalue weighted by Crippen LogP contribution is -2.37. The molecular weight excluding hydrogens is 386 g/mol. The number of hydrogen-bond acceptors (Lipinski definition) is 6. The van der Waals surface area contributed by atoms with Gasteiger partial charge in [0.1, 0.15) is 12.1 Å². The highest BCUT2D eigenvalue weighted by atomic mass is 32.2. The van der Waals surface area contributed by atoms with Crippen molar-refractivity contribution in [2.45, 2.75) is 23.8 Å². The van der Waals surface area contributed by atoms with Crippen molar-refractivity contribution in [3.63, 3.8) is 0 Å². The number of hydrogen-bond donors (Lipinski definition) is 0. The van der Waals surface area contributed by atoms with Gasteiger partial charge >= 0.3 is 0 Å². The van der Waals surface area contributed by atoms with Crippen LogP contribution in [-0.2, 0) is 4.79 Å². The molecule has 1 amide bonds. The smallest absolute Gasteiger partial charge is 0.240 e. The summed E-state index contributed by atoms with van der Waals surface area (Å²) in [5, 5.41) is 17.3. The summed E-state index contributed by atoms with van der Waals surface area (Å²) >= 11 is 1.32. The second-order valence-electron chi connectivity index (χ2n) is 6.15. The molecule has 0 spiro atoms. The molecule has 1 unspecified atom stereocenters. The van der Waals surface area contributed by atoms with Gasteiger partial charge in [-0.2, -0.15) is 5.26 Å². The van der Waals surface area contributed by atoms with Crippen LogP contribution >= 0.6 is 11.8 Å². The first-order valence-corrected chi connectivity index (χ1v) is 9.97. The van der Waals surface area contributed by atoms with Gasteiger partial charge in [-0.3, -0.25) is 9.36 Å². The minimum Gasteiger partial charge on any atom is -0.495 e. The SMILES string of the molecule is COc1ccccc1-n1cnnc1SC(C)C(=O)N(CCC#N)c1ccccc1. The minimum absolute atomic E-state index is 0.0916. The highest BCUT2D eigenvalue weighted by Gasteiger charge is 2.25. The average molecular weight is 407 g/mol. The Kier molecular flexibility index (Phi) is 6.87. The first kappa shape index (κ1) is 20.4. The third kappa shape index (κ3) is 4.76. The number of nitriles is 1. The molecule has 1 atom stereocenters. The number of thioether (sulfide) groups is 1. The number of amides is 1. The van der Waals surface area contributed by atoms with Crippen molar-refractivity contribution in [1.82, 2.24) is 14.8 Å². The molecule has 8 heteroatoms. The van der Waals surface area contributed by atoms with E-state index in [0.717, 1.165) is 11.4 Å². The Labute approximate surface area is 173 Å². The lowest BCUT2D eigenvalue weighted by Gasteiger charge is -2.24. The molecule has 0 aliphatic heterocycles. The van der Waals surface area contributed by atoms with E-state index in [-0.39, 0.29) is 12.3 Å². The fourth-order valence-corrected chi connectivity index (χ4v) is 3.76. The maximum absolute atomic E-state index is 13.2. The highest BCUT2D eigenvalue weighted by Crippen LogP contribution is 2.30. The molecule has 1 aromatic heterocycles. The molecule has 148 valence electrons. The van der Waals surface area contributed by atoms with Crippen LogP contribution in [0.5, 0.6) is 5.75 Å². The number of ether oxygens (including phenoxy) is 1. The molecule has 0 aliphatic rings. The van der Waals surface area contributed by atoms with Crippen LogP contribution in [0.1, 0.15) is 13.3 Å². The van der Waals surface area contributed by atoms with E-state index in [0.29, 0.717) is 17.5 Å². The van der Waals surface area contributed by atoms with Gasteiger partial charge in [0, 0.05) is 12.2 Å². The van der Waals surface area contributed by atoms with Gasteiger partial charge in [-0.25, -0.2) is 0 Å². The molecule has 7 nitrogen and oxygen atoms in total. The van der Waals surface area contributed by atoms with Crippen molar-refractivity contribution < 1.29 is 9.53 Å². The lowest BCUT2D eigenvalue weighted by molar-refractivity contribution is -0.117. The van der Waals surface area contributed by atoms with Crippen LogP contribution in [-0.4, -0.2) is 39.6 Å². The standard InChI is InChI=1S/C21H21N5O2S/c1-16(20(27)25(14-8-13-22)17-9-4-3-5-10-17)29-21-24-23-15-26(21)18-11-6-7-12-19(18)28-2/h3-7,9-12,15-16H,8,14H2,1-2H3. The van der Waals surface area contributed by atoms with Crippen LogP contribution in [0.2, 0.25) is 0 Å². The Morgan fingerprint density at radius 1 is 1.24 bits per heavy atom. The summed E-state index contributed by atoms with van der Waals surface area (Å²) in [6.45, 7) is 2.17. The molecule has 29 heavy (non-hydrogen) atoms. The van der Waals surface area contributed by atoms with E-state index >= 15 is 0 Å². The van der Waals surface area contributed by atoms with E-state index in [2.05, 4.69) is 16.3 Å². The molecular formula is C21H21N5O2S. The number of carbonyl (C=O) groups excluding carboxylic acids is 1. The molecule has 0 radical (unpaired) electrons. The average Bonchev–Trinajstić information content (AvgIpc) is 3.22. The van der Waals surface area contributed by atoms with Gasteiger partial charge in [-0.05, 0) is 31.2 Å². The Hall–Kier alpha value is -3.31. The van der Waals surface area contributed by atoms with Crippen molar-refractivity contribution >= 4 is 23.4 Å².